The number of ether oxygens (including phenoxy) is 3. The number of carbonyl (C=O) groups excluding carboxylic acids is 3. The van der Waals surface area contributed by atoms with Gasteiger partial charge in [-0.3, -0.25) is 10.6 Å². The molecule has 216 valence electrons. The maximum Gasteiger partial charge on any atom is 0.412 e. The zero-order valence-electron chi connectivity index (χ0n) is 24.4. The number of anilines is 2. The molecule has 0 saturated heterocycles. The number of rotatable bonds is 8. The molecule has 0 aliphatic rings. The lowest BCUT2D eigenvalue weighted by molar-refractivity contribution is -0.128. The van der Waals surface area contributed by atoms with Crippen molar-refractivity contribution in [2.45, 2.75) is 65.1 Å². The molecule has 3 aromatic carbocycles. The molecule has 0 heterocycles. The van der Waals surface area contributed by atoms with Crippen LogP contribution in [0.1, 0.15) is 64.2 Å². The highest BCUT2D eigenvalue weighted by molar-refractivity contribution is 5.85. The van der Waals surface area contributed by atoms with Crippen molar-refractivity contribution in [1.29, 1.82) is 0 Å². The van der Waals surface area contributed by atoms with Gasteiger partial charge in [-0.1, -0.05) is 43.0 Å². The van der Waals surface area contributed by atoms with Crippen molar-refractivity contribution in [3.05, 3.63) is 102 Å². The predicted molar refractivity (Wildman–Crippen MR) is 160 cm³/mol. The van der Waals surface area contributed by atoms with Gasteiger partial charge in [0.1, 0.15) is 17.0 Å². The molecule has 8 nitrogen and oxygen atoms in total. The molecule has 3 rings (SSSR count). The molecule has 0 bridgehead atoms. The van der Waals surface area contributed by atoms with E-state index in [9.17, 15) is 14.4 Å². The number of hydrogen-bond donors (Lipinski definition) is 2. The van der Waals surface area contributed by atoms with Crippen LogP contribution in [0, 0.1) is 0 Å². The van der Waals surface area contributed by atoms with E-state index in [1.165, 1.54) is 0 Å². The summed E-state index contributed by atoms with van der Waals surface area (Å²) < 4.78 is 15.9. The molecule has 2 amide bonds. The minimum absolute atomic E-state index is 0.0530. The minimum atomic E-state index is -0.598. The average molecular weight is 559 g/mol. The van der Waals surface area contributed by atoms with E-state index in [0.717, 1.165) is 22.8 Å². The van der Waals surface area contributed by atoms with E-state index in [1.807, 2.05) is 102 Å². The predicted octanol–water partition coefficient (Wildman–Crippen LogP) is 7.85. The van der Waals surface area contributed by atoms with Crippen molar-refractivity contribution < 1.29 is 28.6 Å². The number of benzene rings is 3. The van der Waals surface area contributed by atoms with E-state index < -0.39 is 29.4 Å². The zero-order valence-corrected chi connectivity index (χ0v) is 24.4. The molecule has 0 atom stereocenters. The van der Waals surface area contributed by atoms with Crippen molar-refractivity contribution >= 4 is 29.5 Å². The molecule has 0 radical (unpaired) electrons. The molecule has 0 saturated carbocycles. The standard InChI is InChI=1S/C33H38N2O6/c1-8-29(36)39-27-19-9-22(10-20-27)21-28(23-11-15-25(16-12-23)34-30(37)40-32(2,3)4)24-13-17-26(18-14-24)35-31(38)41-33(5,6)7/h8-20,28H,1,21H2,2-7H3,(H,34,37)(H,35,38). The van der Waals surface area contributed by atoms with Gasteiger partial charge in [0, 0.05) is 23.4 Å². The SMILES string of the molecule is C=CC(=O)Oc1ccc(CC(c2ccc(NC(=O)OC(C)(C)C)cc2)c2ccc(NC(=O)OC(C)(C)C)cc2)cc1. The van der Waals surface area contributed by atoms with Crippen LogP contribution in [0.4, 0.5) is 21.0 Å². The van der Waals surface area contributed by atoms with Crippen molar-refractivity contribution in [2.75, 3.05) is 10.6 Å². The Balaban J connectivity index is 1.84. The largest absolute Gasteiger partial charge is 0.444 e. The molecule has 0 aromatic heterocycles. The highest BCUT2D eigenvalue weighted by Gasteiger charge is 2.19. The van der Waals surface area contributed by atoms with Crippen molar-refractivity contribution in [2.24, 2.45) is 0 Å². The van der Waals surface area contributed by atoms with E-state index >= 15 is 0 Å². The quantitative estimate of drug-likeness (QED) is 0.166. The Morgan fingerprint density at radius 2 is 1.12 bits per heavy atom. The molecular weight excluding hydrogens is 520 g/mol. The first-order valence-corrected chi connectivity index (χ1v) is 13.3. The second-order valence-corrected chi connectivity index (χ2v) is 11.5. The number of amides is 2. The second kappa shape index (κ2) is 13.2. The summed E-state index contributed by atoms with van der Waals surface area (Å²) in [5, 5.41) is 5.52. The first-order valence-electron chi connectivity index (χ1n) is 13.3. The first kappa shape index (κ1) is 30.9. The summed E-state index contributed by atoms with van der Waals surface area (Å²) in [5.74, 6) is -0.135. The third-order valence-electron chi connectivity index (χ3n) is 5.66. The normalized spacial score (nSPS) is 11.4. The Bertz CT molecular complexity index is 1280. The van der Waals surface area contributed by atoms with Gasteiger partial charge in [0.25, 0.3) is 0 Å². The summed E-state index contributed by atoms with van der Waals surface area (Å²) in [7, 11) is 0. The van der Waals surface area contributed by atoms with E-state index in [1.54, 1.807) is 12.1 Å². The molecule has 0 spiro atoms. The van der Waals surface area contributed by atoms with Crippen LogP contribution in [0.3, 0.4) is 0 Å². The Hall–Kier alpha value is -4.59. The number of hydrogen-bond acceptors (Lipinski definition) is 6. The maximum atomic E-state index is 12.2. The summed E-state index contributed by atoms with van der Waals surface area (Å²) in [5.41, 5.74) is 3.11. The van der Waals surface area contributed by atoms with Gasteiger partial charge in [0.05, 0.1) is 0 Å². The number of esters is 1. The van der Waals surface area contributed by atoms with Crippen LogP contribution in [0.5, 0.6) is 5.75 Å². The third kappa shape index (κ3) is 10.5. The maximum absolute atomic E-state index is 12.2. The van der Waals surface area contributed by atoms with Crippen molar-refractivity contribution in [3.8, 4) is 5.75 Å². The number of nitrogens with one attached hydrogen (secondary N) is 2. The van der Waals surface area contributed by atoms with Crippen LogP contribution in [-0.2, 0) is 20.7 Å². The Kier molecular flexibility index (Phi) is 9.94. The van der Waals surface area contributed by atoms with Gasteiger partial charge in [-0.05, 0) is 101 Å². The Labute approximate surface area is 241 Å². The smallest absolute Gasteiger partial charge is 0.412 e. The van der Waals surface area contributed by atoms with E-state index in [0.29, 0.717) is 23.5 Å². The third-order valence-corrected chi connectivity index (χ3v) is 5.66. The molecular formula is C33H38N2O6. The Morgan fingerprint density at radius 3 is 1.49 bits per heavy atom. The van der Waals surface area contributed by atoms with Gasteiger partial charge in [-0.2, -0.15) is 0 Å². The Morgan fingerprint density at radius 1 is 0.707 bits per heavy atom. The van der Waals surface area contributed by atoms with E-state index in [-0.39, 0.29) is 5.92 Å². The second-order valence-electron chi connectivity index (χ2n) is 11.5. The van der Waals surface area contributed by atoms with Gasteiger partial charge in [0.2, 0.25) is 0 Å². The molecule has 8 heteroatoms. The molecule has 3 aromatic rings. The fourth-order valence-corrected chi connectivity index (χ4v) is 3.96. The van der Waals surface area contributed by atoms with Crippen molar-refractivity contribution in [3.63, 3.8) is 0 Å². The summed E-state index contributed by atoms with van der Waals surface area (Å²) in [6, 6.07) is 22.5. The lowest BCUT2D eigenvalue weighted by Gasteiger charge is -2.21. The van der Waals surface area contributed by atoms with E-state index in [2.05, 4.69) is 17.2 Å². The van der Waals surface area contributed by atoms with Gasteiger partial charge >= 0.3 is 18.2 Å². The van der Waals surface area contributed by atoms with Gasteiger partial charge < -0.3 is 14.2 Å². The first-order chi connectivity index (χ1) is 19.2. The van der Waals surface area contributed by atoms with Crippen LogP contribution >= 0.6 is 0 Å². The minimum Gasteiger partial charge on any atom is -0.444 e. The summed E-state index contributed by atoms with van der Waals surface area (Å²) in [4.78, 5) is 35.9. The average Bonchev–Trinajstić information content (AvgIpc) is 2.87. The van der Waals surface area contributed by atoms with E-state index in [4.69, 9.17) is 14.2 Å². The van der Waals surface area contributed by atoms with Gasteiger partial charge in [-0.15, -0.1) is 0 Å². The summed E-state index contributed by atoms with van der Waals surface area (Å²) in [6.45, 7) is 14.3. The monoisotopic (exact) mass is 558 g/mol. The molecule has 0 aliphatic carbocycles. The van der Waals surface area contributed by atoms with Gasteiger partial charge in [-0.25, -0.2) is 14.4 Å². The van der Waals surface area contributed by atoms with Crippen molar-refractivity contribution in [1.82, 2.24) is 0 Å². The number of carbonyl (C=O) groups is 3. The van der Waals surface area contributed by atoms with Crippen LogP contribution in [0.15, 0.2) is 85.5 Å². The van der Waals surface area contributed by atoms with Crippen LogP contribution < -0.4 is 15.4 Å². The molecule has 0 fully saturated rings. The van der Waals surface area contributed by atoms with Crippen LogP contribution in [-0.4, -0.2) is 29.4 Å². The van der Waals surface area contributed by atoms with Gasteiger partial charge in [0.15, 0.2) is 0 Å². The highest BCUT2D eigenvalue weighted by atomic mass is 16.6. The fraction of sp³-hybridized carbons (Fsp3) is 0.303. The summed E-state index contributed by atoms with van der Waals surface area (Å²) in [6.07, 6.45) is 0.721. The summed E-state index contributed by atoms with van der Waals surface area (Å²) >= 11 is 0. The molecule has 0 aliphatic heterocycles. The van der Waals surface area contributed by atoms with Crippen LogP contribution in [0.2, 0.25) is 0 Å². The zero-order chi connectivity index (χ0) is 30.2. The lowest BCUT2D eigenvalue weighted by atomic mass is 9.86. The molecule has 2 N–H and O–H groups in total. The molecule has 41 heavy (non-hydrogen) atoms. The topological polar surface area (TPSA) is 103 Å². The fourth-order valence-electron chi connectivity index (χ4n) is 3.96. The van der Waals surface area contributed by atoms with Crippen LogP contribution in [0.25, 0.3) is 0 Å². The highest BCUT2D eigenvalue weighted by Crippen LogP contribution is 2.31. The lowest BCUT2D eigenvalue weighted by Crippen LogP contribution is -2.27. The molecule has 0 unspecified atom stereocenters.